The van der Waals surface area contributed by atoms with Gasteiger partial charge in [0, 0.05) is 67.8 Å². The van der Waals surface area contributed by atoms with Crippen LogP contribution in [0.25, 0.3) is 10.8 Å². The molecule has 0 N–H and O–H groups in total. The fourth-order valence-electron chi connectivity index (χ4n) is 7.47. The van der Waals surface area contributed by atoms with Crippen molar-refractivity contribution >= 4 is 39.9 Å². The Bertz CT molecular complexity index is 1730. The molecule has 0 saturated carbocycles. The molecule has 1 aromatic carbocycles. The van der Waals surface area contributed by atoms with Crippen LogP contribution >= 0.6 is 11.8 Å². The number of carbonyl (C=O) groups excluding carboxylic acids is 1. The van der Waals surface area contributed by atoms with Gasteiger partial charge in [0.25, 0.3) is 0 Å². The number of aromatic nitrogens is 3. The summed E-state index contributed by atoms with van der Waals surface area (Å²) in [5.41, 5.74) is 4.38. The smallest absolute Gasteiger partial charge is 0.318 e. The second kappa shape index (κ2) is 12.6. The van der Waals surface area contributed by atoms with Crippen LogP contribution in [0.1, 0.15) is 30.2 Å². The van der Waals surface area contributed by atoms with Crippen LogP contribution < -0.4 is 14.5 Å². The van der Waals surface area contributed by atoms with Gasteiger partial charge in [0.2, 0.25) is 5.91 Å². The minimum Gasteiger partial charge on any atom is -0.462 e. The van der Waals surface area contributed by atoms with E-state index in [9.17, 15) is 10.1 Å². The number of fused-ring (bicyclic) bond motifs is 2. The molecule has 0 radical (unpaired) electrons. The molecule has 4 aliphatic heterocycles. The van der Waals surface area contributed by atoms with Gasteiger partial charge in [-0.25, -0.2) is 0 Å². The predicted molar refractivity (Wildman–Crippen MR) is 186 cm³/mol. The molecule has 0 spiro atoms. The summed E-state index contributed by atoms with van der Waals surface area (Å²) in [7, 11) is 4.39. The predicted octanol–water partition coefficient (Wildman–Crippen LogP) is 3.47. The summed E-state index contributed by atoms with van der Waals surface area (Å²) in [6, 6.07) is 9.32. The van der Waals surface area contributed by atoms with E-state index in [0.717, 1.165) is 54.2 Å². The van der Waals surface area contributed by atoms with Crippen LogP contribution in [0.3, 0.4) is 0 Å². The number of anilines is 2. The molecule has 0 aliphatic carbocycles. The molecule has 12 heteroatoms. The van der Waals surface area contributed by atoms with Crippen LogP contribution in [0.2, 0.25) is 0 Å². The summed E-state index contributed by atoms with van der Waals surface area (Å²) in [6.45, 7) is 13.9. The van der Waals surface area contributed by atoms with Gasteiger partial charge in [-0.05, 0) is 46.0 Å². The van der Waals surface area contributed by atoms with E-state index in [2.05, 4.69) is 83.4 Å². The van der Waals surface area contributed by atoms with Crippen LogP contribution in [-0.4, -0.2) is 118 Å². The topological polar surface area (TPSA) is 105 Å². The van der Waals surface area contributed by atoms with Crippen molar-refractivity contribution in [2.24, 2.45) is 0 Å². The van der Waals surface area contributed by atoms with Crippen molar-refractivity contribution in [3.8, 4) is 12.1 Å². The number of benzene rings is 1. The third-order valence-electron chi connectivity index (χ3n) is 10.5. The van der Waals surface area contributed by atoms with Crippen molar-refractivity contribution in [1.82, 2.24) is 29.7 Å². The van der Waals surface area contributed by atoms with Crippen molar-refractivity contribution in [1.29, 1.82) is 5.26 Å². The molecular formula is C35H43N9O2S. The van der Waals surface area contributed by atoms with E-state index in [1.807, 2.05) is 24.2 Å². The highest BCUT2D eigenvalue weighted by atomic mass is 32.2. The molecule has 3 fully saturated rings. The summed E-state index contributed by atoms with van der Waals surface area (Å²) in [4.78, 5) is 38.5. The number of ether oxygens (including phenoxy) is 1. The summed E-state index contributed by atoms with van der Waals surface area (Å²) >= 11 is 1.94. The molecular weight excluding hydrogens is 611 g/mol. The molecule has 1 unspecified atom stereocenters. The Morgan fingerprint density at radius 2 is 2.04 bits per heavy atom. The van der Waals surface area contributed by atoms with Crippen molar-refractivity contribution in [2.75, 3.05) is 69.8 Å². The molecule has 11 nitrogen and oxygen atoms in total. The number of likely N-dealkylation sites (N-methyl/N-ethyl adjacent to an activating group) is 2. The van der Waals surface area contributed by atoms with Gasteiger partial charge in [-0.3, -0.25) is 14.7 Å². The average molecular weight is 654 g/mol. The maximum atomic E-state index is 12.6. The van der Waals surface area contributed by atoms with Crippen molar-refractivity contribution < 1.29 is 9.53 Å². The molecule has 2 aromatic heterocycles. The number of thioether (sulfide) groups is 1. The lowest BCUT2D eigenvalue weighted by Gasteiger charge is -2.44. The molecule has 47 heavy (non-hydrogen) atoms. The van der Waals surface area contributed by atoms with E-state index < -0.39 is 0 Å². The minimum absolute atomic E-state index is 0.0392. The lowest BCUT2D eigenvalue weighted by molar-refractivity contribution is -0.128. The molecule has 4 aliphatic rings. The van der Waals surface area contributed by atoms with Gasteiger partial charge in [-0.1, -0.05) is 24.8 Å². The SMILES string of the molecule is C=CC(=O)N1CCN(c2nc(OCC3S[C@]3(C)N(C)C3CN(C)C3)nc3c2CCN(c2cncc4cccc(C)c24)C3)C[C@@H]1CC#N. The van der Waals surface area contributed by atoms with Gasteiger partial charge in [0.15, 0.2) is 0 Å². The average Bonchev–Trinajstić information content (AvgIpc) is 3.75. The highest BCUT2D eigenvalue weighted by Crippen LogP contribution is 2.56. The third kappa shape index (κ3) is 5.90. The molecule has 246 valence electrons. The molecule has 3 aromatic rings. The monoisotopic (exact) mass is 653 g/mol. The molecule has 3 saturated heterocycles. The molecule has 7 rings (SSSR count). The van der Waals surface area contributed by atoms with Gasteiger partial charge in [-0.15, -0.1) is 11.8 Å². The van der Waals surface area contributed by atoms with Crippen molar-refractivity contribution in [2.45, 2.75) is 55.4 Å². The number of nitrogens with zero attached hydrogens (tertiary/aromatic N) is 9. The lowest BCUT2D eigenvalue weighted by atomic mass is 10.0. The summed E-state index contributed by atoms with van der Waals surface area (Å²) in [5, 5.41) is 12.3. The van der Waals surface area contributed by atoms with E-state index in [1.165, 1.54) is 17.0 Å². The van der Waals surface area contributed by atoms with Crippen LogP contribution in [0, 0.1) is 18.3 Å². The van der Waals surface area contributed by atoms with Crippen LogP contribution in [0.4, 0.5) is 11.5 Å². The number of aryl methyl sites for hydroxylation is 1. The zero-order valence-electron chi connectivity index (χ0n) is 27.7. The minimum atomic E-state index is -0.247. The Balaban J connectivity index is 1.18. The lowest BCUT2D eigenvalue weighted by Crippen LogP contribution is -2.59. The number of piperazine rings is 1. The highest BCUT2D eigenvalue weighted by Gasteiger charge is 2.57. The number of carbonyl (C=O) groups is 1. The number of hydrogen-bond donors (Lipinski definition) is 0. The number of nitriles is 1. The van der Waals surface area contributed by atoms with Gasteiger partial charge >= 0.3 is 6.01 Å². The first kappa shape index (κ1) is 31.7. The van der Waals surface area contributed by atoms with Gasteiger partial charge < -0.3 is 24.3 Å². The van der Waals surface area contributed by atoms with Gasteiger partial charge in [-0.2, -0.15) is 15.2 Å². The highest BCUT2D eigenvalue weighted by molar-refractivity contribution is 8.08. The number of hydrogen-bond acceptors (Lipinski definition) is 11. The quantitative estimate of drug-likeness (QED) is 0.251. The molecule has 6 heterocycles. The number of rotatable bonds is 9. The van der Waals surface area contributed by atoms with Crippen molar-refractivity contribution in [3.63, 3.8) is 0 Å². The van der Waals surface area contributed by atoms with E-state index in [-0.39, 0.29) is 23.2 Å². The molecule has 0 bridgehead atoms. The van der Waals surface area contributed by atoms with E-state index in [4.69, 9.17) is 14.7 Å². The first-order chi connectivity index (χ1) is 22.7. The molecule has 1 amide bonds. The van der Waals surface area contributed by atoms with Crippen molar-refractivity contribution in [3.05, 3.63) is 60.1 Å². The standard InChI is InChI=1S/C35H43N9O2S/c1-6-31(45)44-15-14-43(20-25(44)10-12-36)33-27-11-13-42(29-17-37-16-24-9-7-8-23(2)32(24)29)21-28(27)38-34(39-33)46-22-30-35(3,47-30)41(5)26-18-40(4)19-26/h6-9,16-17,25-26,30H,1,10-11,13-15,18-22H2,2-5H3/t25-,30?,35-/m0/s1. The van der Waals surface area contributed by atoms with E-state index >= 15 is 0 Å². The van der Waals surface area contributed by atoms with Crippen LogP contribution in [-0.2, 0) is 17.8 Å². The number of pyridine rings is 1. The largest absolute Gasteiger partial charge is 0.462 e. The fourth-order valence-corrected chi connectivity index (χ4v) is 8.67. The Labute approximate surface area is 281 Å². The Morgan fingerprint density at radius 1 is 1.21 bits per heavy atom. The van der Waals surface area contributed by atoms with Gasteiger partial charge in [0.05, 0.1) is 52.8 Å². The first-order valence-electron chi connectivity index (χ1n) is 16.4. The van der Waals surface area contributed by atoms with E-state index in [1.54, 1.807) is 4.90 Å². The number of likely N-dealkylation sites (tertiary alicyclic amines) is 1. The number of amides is 1. The fraction of sp³-hybridized carbons (Fsp3) is 0.514. The summed E-state index contributed by atoms with van der Waals surface area (Å²) in [6.07, 6.45) is 6.23. The van der Waals surface area contributed by atoms with Crippen LogP contribution in [0.15, 0.2) is 43.2 Å². The zero-order chi connectivity index (χ0) is 32.9. The second-order valence-electron chi connectivity index (χ2n) is 13.4. The molecule has 3 atom stereocenters. The van der Waals surface area contributed by atoms with Gasteiger partial charge in [0.1, 0.15) is 12.4 Å². The second-order valence-corrected chi connectivity index (χ2v) is 15.0. The first-order valence-corrected chi connectivity index (χ1v) is 17.3. The zero-order valence-corrected chi connectivity index (χ0v) is 28.5. The third-order valence-corrected chi connectivity index (χ3v) is 12.2. The van der Waals surface area contributed by atoms with E-state index in [0.29, 0.717) is 50.1 Å². The maximum Gasteiger partial charge on any atom is 0.318 e. The Morgan fingerprint density at radius 3 is 2.81 bits per heavy atom. The summed E-state index contributed by atoms with van der Waals surface area (Å²) in [5.74, 6) is 0.711. The summed E-state index contributed by atoms with van der Waals surface area (Å²) < 4.78 is 6.44. The Hall–Kier alpha value is -3.92. The maximum absolute atomic E-state index is 12.6. The normalized spacial score (nSPS) is 24.6. The Kier molecular flexibility index (Phi) is 8.49. The van der Waals surface area contributed by atoms with Crippen LogP contribution in [0.5, 0.6) is 6.01 Å².